The number of carboxylic acids is 2. The molecule has 0 aliphatic carbocycles. The van der Waals surface area contributed by atoms with Crippen molar-refractivity contribution < 1.29 is 34.2 Å². The average molecular weight is 374 g/mol. The van der Waals surface area contributed by atoms with E-state index in [1.807, 2.05) is 0 Å². The Bertz CT molecular complexity index is 548. The van der Waals surface area contributed by atoms with Gasteiger partial charge in [0, 0.05) is 0 Å². The number of rotatable bonds is 11. The van der Waals surface area contributed by atoms with Gasteiger partial charge in [0.1, 0.15) is 12.1 Å². The molecule has 0 rings (SSSR count). The van der Waals surface area contributed by atoms with Gasteiger partial charge in [0.15, 0.2) is 0 Å². The fourth-order valence-electron chi connectivity index (χ4n) is 1.92. The lowest BCUT2D eigenvalue weighted by atomic mass is 10.0. The van der Waals surface area contributed by atoms with Gasteiger partial charge in [0.2, 0.25) is 17.7 Å². The quantitative estimate of drug-likeness (QED) is 0.240. The summed E-state index contributed by atoms with van der Waals surface area (Å²) in [5, 5.41) is 24.5. The Morgan fingerprint density at radius 3 is 1.92 bits per heavy atom. The second-order valence-electron chi connectivity index (χ2n) is 6.25. The summed E-state index contributed by atoms with van der Waals surface area (Å²) in [5.41, 5.74) is 5.35. The van der Waals surface area contributed by atoms with E-state index in [1.165, 1.54) is 6.92 Å². The highest BCUT2D eigenvalue weighted by Crippen LogP contribution is 2.06. The summed E-state index contributed by atoms with van der Waals surface area (Å²) in [6.45, 7) is 4.61. The van der Waals surface area contributed by atoms with Crippen LogP contribution >= 0.6 is 0 Å². The van der Waals surface area contributed by atoms with Crippen LogP contribution in [0.15, 0.2) is 0 Å². The molecule has 0 aliphatic heterocycles. The van der Waals surface area contributed by atoms with Crippen LogP contribution < -0.4 is 21.7 Å². The third kappa shape index (κ3) is 9.57. The molecule has 0 saturated carbocycles. The van der Waals surface area contributed by atoms with Crippen molar-refractivity contribution in [3.63, 3.8) is 0 Å². The van der Waals surface area contributed by atoms with Crippen LogP contribution in [0, 0.1) is 5.92 Å². The molecule has 148 valence electrons. The summed E-state index contributed by atoms with van der Waals surface area (Å²) in [6, 6.07) is -3.50. The molecule has 0 radical (unpaired) electrons. The minimum absolute atomic E-state index is 0.0209. The van der Waals surface area contributed by atoms with Crippen molar-refractivity contribution in [1.82, 2.24) is 16.0 Å². The van der Waals surface area contributed by atoms with Gasteiger partial charge in [-0.25, -0.2) is 4.79 Å². The lowest BCUT2D eigenvalue weighted by Crippen LogP contribution is -2.54. The highest BCUT2D eigenvalue weighted by molar-refractivity contribution is 5.93. The van der Waals surface area contributed by atoms with Crippen LogP contribution in [0.25, 0.3) is 0 Å². The van der Waals surface area contributed by atoms with E-state index in [4.69, 9.17) is 15.9 Å². The van der Waals surface area contributed by atoms with Crippen LogP contribution in [0.1, 0.15) is 33.6 Å². The van der Waals surface area contributed by atoms with E-state index in [0.717, 1.165) is 0 Å². The third-order valence-corrected chi connectivity index (χ3v) is 3.19. The minimum Gasteiger partial charge on any atom is -0.481 e. The molecule has 3 unspecified atom stereocenters. The van der Waals surface area contributed by atoms with Crippen LogP contribution in [0.3, 0.4) is 0 Å². The molecule has 26 heavy (non-hydrogen) atoms. The van der Waals surface area contributed by atoms with Gasteiger partial charge in [0.05, 0.1) is 19.0 Å². The molecular formula is C15H26N4O7. The standard InChI is InChI=1S/C15H26N4O7/c1-7(2)4-9(18-11(20)6-17-13(23)8(3)16)14(24)19-10(15(25)26)5-12(21)22/h7-10H,4-6,16H2,1-3H3,(H,17,23)(H,18,20)(H,19,24)(H,21,22)(H,25,26). The number of hydrogen-bond donors (Lipinski definition) is 6. The van der Waals surface area contributed by atoms with Crippen molar-refractivity contribution in [1.29, 1.82) is 0 Å². The molecule has 0 aromatic rings. The Kier molecular flexibility index (Phi) is 9.89. The zero-order valence-corrected chi connectivity index (χ0v) is 14.9. The molecule has 0 aromatic heterocycles. The lowest BCUT2D eigenvalue weighted by Gasteiger charge is -2.22. The summed E-state index contributed by atoms with van der Waals surface area (Å²) in [6.07, 6.45) is -0.605. The molecule has 3 atom stereocenters. The highest BCUT2D eigenvalue weighted by atomic mass is 16.4. The molecule has 0 aromatic carbocycles. The molecule has 7 N–H and O–H groups in total. The van der Waals surface area contributed by atoms with Gasteiger partial charge in [-0.3, -0.25) is 19.2 Å². The van der Waals surface area contributed by atoms with Crippen LogP contribution in [-0.2, 0) is 24.0 Å². The summed E-state index contributed by atoms with van der Waals surface area (Å²) in [5.74, 6) is -4.94. The van der Waals surface area contributed by atoms with E-state index in [9.17, 15) is 24.0 Å². The third-order valence-electron chi connectivity index (χ3n) is 3.19. The lowest BCUT2D eigenvalue weighted by molar-refractivity contribution is -0.147. The number of hydrogen-bond acceptors (Lipinski definition) is 6. The maximum absolute atomic E-state index is 12.3. The van der Waals surface area contributed by atoms with Crippen molar-refractivity contribution in [2.75, 3.05) is 6.54 Å². The van der Waals surface area contributed by atoms with Crippen LogP contribution in [0.4, 0.5) is 0 Å². The molecule has 0 aliphatic rings. The largest absolute Gasteiger partial charge is 0.481 e. The first-order valence-electron chi connectivity index (χ1n) is 8.01. The fourth-order valence-corrected chi connectivity index (χ4v) is 1.92. The Balaban J connectivity index is 4.92. The summed E-state index contributed by atoms with van der Waals surface area (Å²) >= 11 is 0. The van der Waals surface area contributed by atoms with E-state index >= 15 is 0 Å². The van der Waals surface area contributed by atoms with E-state index in [0.29, 0.717) is 0 Å². The van der Waals surface area contributed by atoms with Crippen molar-refractivity contribution in [2.45, 2.75) is 51.7 Å². The number of nitrogens with two attached hydrogens (primary N) is 1. The predicted octanol–water partition coefficient (Wildman–Crippen LogP) is -1.98. The van der Waals surface area contributed by atoms with Gasteiger partial charge in [-0.2, -0.15) is 0 Å². The average Bonchev–Trinajstić information content (AvgIpc) is 2.49. The second-order valence-corrected chi connectivity index (χ2v) is 6.25. The Labute approximate surface area is 150 Å². The first-order chi connectivity index (χ1) is 11.9. The van der Waals surface area contributed by atoms with Gasteiger partial charge in [-0.15, -0.1) is 0 Å². The molecule has 0 heterocycles. The Morgan fingerprint density at radius 2 is 1.50 bits per heavy atom. The Morgan fingerprint density at radius 1 is 0.923 bits per heavy atom. The maximum Gasteiger partial charge on any atom is 0.326 e. The SMILES string of the molecule is CC(C)CC(NC(=O)CNC(=O)C(C)N)C(=O)NC(CC(=O)O)C(=O)O. The van der Waals surface area contributed by atoms with Crippen molar-refractivity contribution in [3.8, 4) is 0 Å². The normalized spacial score (nSPS) is 14.0. The van der Waals surface area contributed by atoms with Crippen molar-refractivity contribution in [2.24, 2.45) is 11.7 Å². The Hall–Kier alpha value is -2.69. The highest BCUT2D eigenvalue weighted by Gasteiger charge is 2.28. The number of carboxylic acid groups (broad SMARTS) is 2. The van der Waals surface area contributed by atoms with E-state index in [1.54, 1.807) is 13.8 Å². The summed E-state index contributed by atoms with van der Waals surface area (Å²) in [4.78, 5) is 57.3. The first-order valence-corrected chi connectivity index (χ1v) is 8.01. The summed E-state index contributed by atoms with van der Waals surface area (Å²) < 4.78 is 0. The number of aliphatic carboxylic acids is 2. The molecule has 0 saturated heterocycles. The minimum atomic E-state index is -1.62. The summed E-state index contributed by atoms with van der Waals surface area (Å²) in [7, 11) is 0. The van der Waals surface area contributed by atoms with Crippen LogP contribution in [0.2, 0.25) is 0 Å². The molecule has 0 spiro atoms. The van der Waals surface area contributed by atoms with Gasteiger partial charge in [-0.05, 0) is 19.3 Å². The fraction of sp³-hybridized carbons (Fsp3) is 0.667. The predicted molar refractivity (Wildman–Crippen MR) is 89.9 cm³/mol. The van der Waals surface area contributed by atoms with E-state index in [2.05, 4.69) is 16.0 Å². The number of amides is 3. The molecule has 0 fully saturated rings. The molecule has 11 heteroatoms. The van der Waals surface area contributed by atoms with Crippen LogP contribution in [0.5, 0.6) is 0 Å². The van der Waals surface area contributed by atoms with Crippen molar-refractivity contribution >= 4 is 29.7 Å². The zero-order chi connectivity index (χ0) is 20.4. The topological polar surface area (TPSA) is 188 Å². The first kappa shape index (κ1) is 23.3. The zero-order valence-electron chi connectivity index (χ0n) is 14.9. The van der Waals surface area contributed by atoms with E-state index < -0.39 is 60.8 Å². The van der Waals surface area contributed by atoms with Gasteiger partial charge >= 0.3 is 11.9 Å². The molecule has 11 nitrogen and oxygen atoms in total. The number of carbonyl (C=O) groups is 5. The van der Waals surface area contributed by atoms with Gasteiger partial charge < -0.3 is 31.9 Å². The van der Waals surface area contributed by atoms with Gasteiger partial charge in [0.25, 0.3) is 0 Å². The number of carbonyl (C=O) groups excluding carboxylic acids is 3. The van der Waals surface area contributed by atoms with Crippen LogP contribution in [-0.4, -0.2) is 64.5 Å². The number of nitrogens with one attached hydrogen (secondary N) is 3. The van der Waals surface area contributed by atoms with E-state index in [-0.39, 0.29) is 12.3 Å². The maximum atomic E-state index is 12.3. The molecular weight excluding hydrogens is 348 g/mol. The monoisotopic (exact) mass is 374 g/mol. The van der Waals surface area contributed by atoms with Gasteiger partial charge in [-0.1, -0.05) is 13.8 Å². The molecule has 0 bridgehead atoms. The van der Waals surface area contributed by atoms with Crippen molar-refractivity contribution in [3.05, 3.63) is 0 Å². The molecule has 3 amide bonds. The smallest absolute Gasteiger partial charge is 0.326 e. The second kappa shape index (κ2) is 11.0.